The SMILES string of the molecule is CCn1cnc(S(=O)(=O)N[C@H](CCSC)C(=O)O)c1. The van der Waals surface area contributed by atoms with E-state index in [0.717, 1.165) is 0 Å². The Morgan fingerprint density at radius 2 is 2.32 bits per heavy atom. The van der Waals surface area contributed by atoms with Crippen LogP contribution in [0.15, 0.2) is 17.6 Å². The van der Waals surface area contributed by atoms with Crippen molar-refractivity contribution in [3.8, 4) is 0 Å². The van der Waals surface area contributed by atoms with Crippen LogP contribution in [0.1, 0.15) is 13.3 Å². The van der Waals surface area contributed by atoms with Crippen LogP contribution in [0.4, 0.5) is 0 Å². The fourth-order valence-electron chi connectivity index (χ4n) is 1.37. The summed E-state index contributed by atoms with van der Waals surface area (Å²) in [5.74, 6) is -0.629. The Kier molecular flexibility index (Phi) is 5.83. The van der Waals surface area contributed by atoms with E-state index in [2.05, 4.69) is 9.71 Å². The van der Waals surface area contributed by atoms with Crippen molar-refractivity contribution < 1.29 is 18.3 Å². The van der Waals surface area contributed by atoms with Gasteiger partial charge < -0.3 is 9.67 Å². The largest absolute Gasteiger partial charge is 0.480 e. The Morgan fingerprint density at radius 3 is 2.79 bits per heavy atom. The summed E-state index contributed by atoms with van der Waals surface area (Å²) in [6, 6.07) is -1.13. The number of hydrogen-bond donors (Lipinski definition) is 2. The van der Waals surface area contributed by atoms with Crippen LogP contribution < -0.4 is 4.72 Å². The summed E-state index contributed by atoms with van der Waals surface area (Å²) in [5, 5.41) is 8.84. The van der Waals surface area contributed by atoms with Crippen LogP contribution in [0.5, 0.6) is 0 Å². The number of nitrogens with zero attached hydrogens (tertiary/aromatic N) is 2. The fraction of sp³-hybridized carbons (Fsp3) is 0.600. The molecule has 9 heteroatoms. The third kappa shape index (κ3) is 4.51. The third-order valence-electron chi connectivity index (χ3n) is 2.46. The molecular formula is C10H17N3O4S2. The molecule has 0 radical (unpaired) electrons. The maximum atomic E-state index is 12.0. The van der Waals surface area contributed by atoms with Crippen LogP contribution in [0.25, 0.3) is 0 Å². The lowest BCUT2D eigenvalue weighted by Crippen LogP contribution is -2.41. The Hall–Kier alpha value is -1.06. The predicted octanol–water partition coefficient (Wildman–Crippen LogP) is 0.388. The number of aryl methyl sites for hydroxylation is 1. The number of thioether (sulfide) groups is 1. The average Bonchev–Trinajstić information content (AvgIpc) is 2.83. The molecule has 1 aromatic heterocycles. The van der Waals surface area contributed by atoms with Crippen molar-refractivity contribution in [3.05, 3.63) is 12.5 Å². The van der Waals surface area contributed by atoms with Crippen LogP contribution in [0, 0.1) is 0 Å². The van der Waals surface area contributed by atoms with E-state index in [0.29, 0.717) is 12.3 Å². The second kappa shape index (κ2) is 6.92. The van der Waals surface area contributed by atoms with Crippen LogP contribution in [0.3, 0.4) is 0 Å². The molecule has 0 spiro atoms. The van der Waals surface area contributed by atoms with Crippen LogP contribution in [0.2, 0.25) is 0 Å². The number of rotatable bonds is 8. The molecule has 0 bridgehead atoms. The second-order valence-corrected chi connectivity index (χ2v) is 6.48. The average molecular weight is 307 g/mol. The molecule has 0 aliphatic rings. The molecule has 0 aliphatic carbocycles. The lowest BCUT2D eigenvalue weighted by Gasteiger charge is -2.12. The molecule has 0 saturated heterocycles. The smallest absolute Gasteiger partial charge is 0.321 e. The Balaban J connectivity index is 2.84. The molecule has 0 aromatic carbocycles. The van der Waals surface area contributed by atoms with Gasteiger partial charge in [-0.3, -0.25) is 4.79 Å². The van der Waals surface area contributed by atoms with Crippen molar-refractivity contribution >= 4 is 27.8 Å². The summed E-state index contributed by atoms with van der Waals surface area (Å²) in [5.41, 5.74) is 0. The van der Waals surface area contributed by atoms with Gasteiger partial charge in [0.1, 0.15) is 6.04 Å². The summed E-state index contributed by atoms with van der Waals surface area (Å²) in [7, 11) is -3.90. The molecule has 19 heavy (non-hydrogen) atoms. The van der Waals surface area contributed by atoms with E-state index in [9.17, 15) is 13.2 Å². The van der Waals surface area contributed by atoms with Gasteiger partial charge in [-0.15, -0.1) is 0 Å². The van der Waals surface area contributed by atoms with E-state index in [1.165, 1.54) is 24.3 Å². The van der Waals surface area contributed by atoms with Crippen molar-refractivity contribution in [2.45, 2.75) is 31.0 Å². The van der Waals surface area contributed by atoms with E-state index in [1.54, 1.807) is 4.57 Å². The van der Waals surface area contributed by atoms with Crippen molar-refractivity contribution in [1.82, 2.24) is 14.3 Å². The minimum atomic E-state index is -3.90. The van der Waals surface area contributed by atoms with Gasteiger partial charge in [-0.05, 0) is 25.4 Å². The summed E-state index contributed by atoms with van der Waals surface area (Å²) < 4.78 is 27.7. The van der Waals surface area contributed by atoms with Gasteiger partial charge in [0.05, 0.1) is 6.33 Å². The highest BCUT2D eigenvalue weighted by Gasteiger charge is 2.26. The van der Waals surface area contributed by atoms with Gasteiger partial charge in [-0.2, -0.15) is 16.5 Å². The molecule has 0 saturated carbocycles. The zero-order chi connectivity index (χ0) is 14.5. The molecule has 1 rings (SSSR count). The molecule has 0 aliphatic heterocycles. The number of carbonyl (C=O) groups is 1. The molecule has 0 fully saturated rings. The minimum absolute atomic E-state index is 0.162. The molecule has 1 atom stereocenters. The first-order valence-electron chi connectivity index (χ1n) is 5.66. The van der Waals surface area contributed by atoms with Crippen molar-refractivity contribution in [2.75, 3.05) is 12.0 Å². The summed E-state index contributed by atoms with van der Waals surface area (Å²) in [4.78, 5) is 14.8. The lowest BCUT2D eigenvalue weighted by atomic mass is 10.2. The highest BCUT2D eigenvalue weighted by molar-refractivity contribution is 7.98. The number of nitrogens with one attached hydrogen (secondary N) is 1. The molecule has 1 heterocycles. The first kappa shape index (κ1) is 16.0. The number of hydrogen-bond acceptors (Lipinski definition) is 5. The summed E-state index contributed by atoms with van der Waals surface area (Å²) in [6.45, 7) is 2.45. The van der Waals surface area contributed by atoms with Gasteiger partial charge >= 0.3 is 5.97 Å². The molecule has 1 aromatic rings. The fourth-order valence-corrected chi connectivity index (χ4v) is 3.01. The van der Waals surface area contributed by atoms with Crippen LogP contribution >= 0.6 is 11.8 Å². The van der Waals surface area contributed by atoms with Gasteiger partial charge in [0, 0.05) is 12.7 Å². The Bertz CT molecular complexity index is 527. The van der Waals surface area contributed by atoms with Crippen molar-refractivity contribution in [3.63, 3.8) is 0 Å². The maximum absolute atomic E-state index is 12.0. The second-order valence-electron chi connectivity index (χ2n) is 3.84. The van der Waals surface area contributed by atoms with Gasteiger partial charge in [0.25, 0.3) is 10.0 Å². The van der Waals surface area contributed by atoms with Crippen LogP contribution in [-0.4, -0.2) is 47.1 Å². The lowest BCUT2D eigenvalue weighted by molar-refractivity contribution is -0.139. The topological polar surface area (TPSA) is 101 Å². The van der Waals surface area contributed by atoms with Crippen molar-refractivity contribution in [1.29, 1.82) is 0 Å². The van der Waals surface area contributed by atoms with Crippen LogP contribution in [-0.2, 0) is 21.4 Å². The zero-order valence-corrected chi connectivity index (χ0v) is 12.4. The van der Waals surface area contributed by atoms with E-state index in [1.807, 2.05) is 13.2 Å². The van der Waals surface area contributed by atoms with E-state index < -0.39 is 22.0 Å². The predicted molar refractivity (Wildman–Crippen MR) is 72.6 cm³/mol. The number of aromatic nitrogens is 2. The highest BCUT2D eigenvalue weighted by Crippen LogP contribution is 2.09. The van der Waals surface area contributed by atoms with Gasteiger partial charge in [0.2, 0.25) is 0 Å². The number of sulfonamides is 1. The molecular weight excluding hydrogens is 290 g/mol. The summed E-state index contributed by atoms with van der Waals surface area (Å²) >= 11 is 1.46. The molecule has 2 N–H and O–H groups in total. The van der Waals surface area contributed by atoms with E-state index in [-0.39, 0.29) is 11.4 Å². The number of carboxylic acid groups (broad SMARTS) is 1. The first-order chi connectivity index (χ1) is 8.90. The van der Waals surface area contributed by atoms with E-state index >= 15 is 0 Å². The molecule has 0 unspecified atom stereocenters. The van der Waals surface area contributed by atoms with Gasteiger partial charge in [0.15, 0.2) is 5.03 Å². The minimum Gasteiger partial charge on any atom is -0.480 e. The molecule has 0 amide bonds. The zero-order valence-electron chi connectivity index (χ0n) is 10.7. The monoisotopic (exact) mass is 307 g/mol. The normalized spacial score (nSPS) is 13.4. The van der Waals surface area contributed by atoms with E-state index in [4.69, 9.17) is 5.11 Å². The Labute approximate surface area is 116 Å². The molecule has 7 nitrogen and oxygen atoms in total. The van der Waals surface area contributed by atoms with Gasteiger partial charge in [-0.1, -0.05) is 0 Å². The number of imidazole rings is 1. The highest BCUT2D eigenvalue weighted by atomic mass is 32.2. The first-order valence-corrected chi connectivity index (χ1v) is 8.54. The maximum Gasteiger partial charge on any atom is 0.321 e. The Morgan fingerprint density at radius 1 is 1.63 bits per heavy atom. The third-order valence-corrected chi connectivity index (χ3v) is 4.46. The van der Waals surface area contributed by atoms with Gasteiger partial charge in [-0.25, -0.2) is 13.4 Å². The number of aliphatic carboxylic acids is 1. The van der Waals surface area contributed by atoms with Crippen molar-refractivity contribution in [2.24, 2.45) is 0 Å². The number of carboxylic acids is 1. The summed E-state index contributed by atoms with van der Waals surface area (Å²) in [6.07, 6.45) is 4.82. The standard InChI is InChI=1S/C10H17N3O4S2/c1-3-13-6-9(11-7-13)19(16,17)12-8(10(14)15)4-5-18-2/h6-8,12H,3-5H2,1-2H3,(H,14,15)/t8-/m1/s1. The quantitative estimate of drug-likeness (QED) is 0.720. The molecule has 108 valence electrons.